The van der Waals surface area contributed by atoms with Gasteiger partial charge in [-0.3, -0.25) is 14.5 Å². The highest BCUT2D eigenvalue weighted by Gasteiger charge is 2.26. The molecule has 3 heterocycles. The molecule has 1 fully saturated rings. The van der Waals surface area contributed by atoms with E-state index in [1.807, 2.05) is 23.1 Å². The Hall–Kier alpha value is -3.13. The Morgan fingerprint density at radius 2 is 1.75 bits per heavy atom. The zero-order valence-corrected chi connectivity index (χ0v) is 18.4. The molecule has 2 aromatic rings. The van der Waals surface area contributed by atoms with Crippen LogP contribution in [0.4, 0.5) is 5.69 Å². The second-order valence-electron chi connectivity index (χ2n) is 8.19. The van der Waals surface area contributed by atoms with E-state index in [0.717, 1.165) is 25.1 Å². The van der Waals surface area contributed by atoms with Crippen molar-refractivity contribution in [2.45, 2.75) is 32.2 Å². The predicted molar refractivity (Wildman–Crippen MR) is 118 cm³/mol. The number of nitrogens with zero attached hydrogens (tertiary/aromatic N) is 3. The zero-order valence-electron chi connectivity index (χ0n) is 18.4. The first kappa shape index (κ1) is 22.1. The number of amides is 2. The molecule has 4 rings (SSSR count). The van der Waals surface area contributed by atoms with Crippen molar-refractivity contribution in [1.82, 2.24) is 9.80 Å². The number of ether oxygens (including phenoxy) is 1. The van der Waals surface area contributed by atoms with E-state index in [-0.39, 0.29) is 30.4 Å². The van der Waals surface area contributed by atoms with E-state index in [2.05, 4.69) is 15.7 Å². The van der Waals surface area contributed by atoms with E-state index in [9.17, 15) is 14.4 Å². The van der Waals surface area contributed by atoms with Crippen LogP contribution in [0.2, 0.25) is 0 Å². The number of benzene rings is 1. The molecule has 8 nitrogen and oxygen atoms in total. The highest BCUT2D eigenvalue weighted by Crippen LogP contribution is 2.28. The van der Waals surface area contributed by atoms with Crippen molar-refractivity contribution < 1.29 is 23.5 Å². The molecule has 0 radical (unpaired) electrons. The maximum atomic E-state index is 12.8. The van der Waals surface area contributed by atoms with Gasteiger partial charge >= 0.3 is 5.97 Å². The number of carbonyl (C=O) groups is 3. The summed E-state index contributed by atoms with van der Waals surface area (Å²) < 4.78 is 10.2. The summed E-state index contributed by atoms with van der Waals surface area (Å²) in [7, 11) is 1.32. The minimum Gasteiger partial charge on any atom is -0.463 e. The molecule has 170 valence electrons. The molecule has 0 bridgehead atoms. The molecule has 1 saturated heterocycles. The van der Waals surface area contributed by atoms with Crippen LogP contribution < -0.4 is 4.90 Å². The summed E-state index contributed by atoms with van der Waals surface area (Å²) in [4.78, 5) is 42.9. The SMILES string of the molecule is COC(=O)c1ccc(CN2CCCN(C(=O)CCC(=O)N3CCc4ccccc43)CC2)o1. The molecule has 0 saturated carbocycles. The Morgan fingerprint density at radius 3 is 2.59 bits per heavy atom. The average Bonchev–Trinajstić information content (AvgIpc) is 3.39. The lowest BCUT2D eigenvalue weighted by atomic mass is 10.2. The minimum absolute atomic E-state index is 0.0129. The summed E-state index contributed by atoms with van der Waals surface area (Å²) in [5, 5.41) is 0. The zero-order chi connectivity index (χ0) is 22.5. The quantitative estimate of drug-likeness (QED) is 0.643. The van der Waals surface area contributed by atoms with Gasteiger partial charge < -0.3 is 19.0 Å². The van der Waals surface area contributed by atoms with Crippen LogP contribution in [0.3, 0.4) is 0 Å². The molecule has 1 aromatic heterocycles. The van der Waals surface area contributed by atoms with E-state index < -0.39 is 5.97 Å². The maximum Gasteiger partial charge on any atom is 0.373 e. The van der Waals surface area contributed by atoms with Crippen molar-refractivity contribution in [3.8, 4) is 0 Å². The number of esters is 1. The van der Waals surface area contributed by atoms with E-state index in [4.69, 9.17) is 4.42 Å². The van der Waals surface area contributed by atoms with Crippen molar-refractivity contribution in [2.24, 2.45) is 0 Å². The van der Waals surface area contributed by atoms with Gasteiger partial charge in [-0.15, -0.1) is 0 Å². The monoisotopic (exact) mass is 439 g/mol. The largest absolute Gasteiger partial charge is 0.463 e. The Balaban J connectivity index is 1.24. The van der Waals surface area contributed by atoms with Crippen LogP contribution in [0.15, 0.2) is 40.8 Å². The first-order chi connectivity index (χ1) is 15.5. The van der Waals surface area contributed by atoms with Gasteiger partial charge in [0.1, 0.15) is 5.76 Å². The fourth-order valence-corrected chi connectivity index (χ4v) is 4.38. The fourth-order valence-electron chi connectivity index (χ4n) is 4.38. The first-order valence-corrected chi connectivity index (χ1v) is 11.1. The van der Waals surface area contributed by atoms with Gasteiger partial charge in [0.05, 0.1) is 13.7 Å². The number of hydrogen-bond acceptors (Lipinski definition) is 6. The molecule has 32 heavy (non-hydrogen) atoms. The third-order valence-corrected chi connectivity index (χ3v) is 6.11. The molecule has 0 aliphatic carbocycles. The van der Waals surface area contributed by atoms with E-state index >= 15 is 0 Å². The molecule has 0 spiro atoms. The Morgan fingerprint density at radius 1 is 0.938 bits per heavy atom. The molecule has 2 aliphatic rings. The Labute approximate surface area is 187 Å². The Kier molecular flexibility index (Phi) is 6.90. The standard InChI is InChI=1S/C24H29N3O5/c1-31-24(30)21-8-7-19(32-21)17-25-12-4-13-26(16-15-25)22(28)9-10-23(29)27-14-11-18-5-2-3-6-20(18)27/h2-3,5-8H,4,9-17H2,1H3. The number of anilines is 1. The molecule has 0 N–H and O–H groups in total. The highest BCUT2D eigenvalue weighted by molar-refractivity contribution is 5.97. The van der Waals surface area contributed by atoms with E-state index in [1.165, 1.54) is 12.7 Å². The molecule has 0 unspecified atom stereocenters. The minimum atomic E-state index is -0.490. The van der Waals surface area contributed by atoms with Gasteiger partial charge in [0.15, 0.2) is 0 Å². The van der Waals surface area contributed by atoms with Crippen LogP contribution in [0.1, 0.15) is 41.1 Å². The number of rotatable bonds is 6. The van der Waals surface area contributed by atoms with Gasteiger partial charge in [0.2, 0.25) is 17.6 Å². The Bertz CT molecular complexity index is 986. The molecular weight excluding hydrogens is 410 g/mol. The molecule has 8 heteroatoms. The van der Waals surface area contributed by atoms with Crippen molar-refractivity contribution in [3.63, 3.8) is 0 Å². The molecular formula is C24H29N3O5. The van der Waals surface area contributed by atoms with Crippen molar-refractivity contribution in [2.75, 3.05) is 44.7 Å². The van der Waals surface area contributed by atoms with Gasteiger partial charge in [-0.2, -0.15) is 0 Å². The number of methoxy groups -OCH3 is 1. The van der Waals surface area contributed by atoms with Crippen molar-refractivity contribution in [3.05, 3.63) is 53.5 Å². The van der Waals surface area contributed by atoms with Crippen LogP contribution in [0, 0.1) is 0 Å². The highest BCUT2D eigenvalue weighted by atomic mass is 16.5. The number of para-hydroxylation sites is 1. The van der Waals surface area contributed by atoms with Crippen LogP contribution in [0.5, 0.6) is 0 Å². The lowest BCUT2D eigenvalue weighted by molar-refractivity contribution is -0.133. The van der Waals surface area contributed by atoms with Gasteiger partial charge in [-0.1, -0.05) is 18.2 Å². The number of furan rings is 1. The lowest BCUT2D eigenvalue weighted by Crippen LogP contribution is -2.36. The second kappa shape index (κ2) is 9.99. The van der Waals surface area contributed by atoms with E-state index in [0.29, 0.717) is 38.5 Å². The predicted octanol–water partition coefficient (Wildman–Crippen LogP) is 2.47. The molecule has 2 amide bonds. The van der Waals surface area contributed by atoms with Crippen LogP contribution in [0.25, 0.3) is 0 Å². The van der Waals surface area contributed by atoms with Crippen LogP contribution in [-0.2, 0) is 27.3 Å². The summed E-state index contributed by atoms with van der Waals surface area (Å²) >= 11 is 0. The van der Waals surface area contributed by atoms with Gasteiger partial charge in [0.25, 0.3) is 0 Å². The van der Waals surface area contributed by atoms with Crippen LogP contribution >= 0.6 is 0 Å². The smallest absolute Gasteiger partial charge is 0.373 e. The number of hydrogen-bond donors (Lipinski definition) is 0. The molecule has 2 aliphatic heterocycles. The van der Waals surface area contributed by atoms with Gasteiger partial charge in [0, 0.05) is 51.3 Å². The topological polar surface area (TPSA) is 83.3 Å². The van der Waals surface area contributed by atoms with Crippen LogP contribution in [-0.4, -0.2) is 67.4 Å². The summed E-state index contributed by atoms with van der Waals surface area (Å²) in [6, 6.07) is 11.3. The summed E-state index contributed by atoms with van der Waals surface area (Å²) in [6.45, 7) is 4.11. The fraction of sp³-hybridized carbons (Fsp3) is 0.458. The first-order valence-electron chi connectivity index (χ1n) is 11.1. The maximum absolute atomic E-state index is 12.8. The lowest BCUT2D eigenvalue weighted by Gasteiger charge is -2.22. The van der Waals surface area contributed by atoms with Gasteiger partial charge in [-0.05, 0) is 36.6 Å². The van der Waals surface area contributed by atoms with Crippen molar-refractivity contribution in [1.29, 1.82) is 0 Å². The summed E-state index contributed by atoms with van der Waals surface area (Å²) in [5.41, 5.74) is 2.17. The molecule has 1 aromatic carbocycles. The van der Waals surface area contributed by atoms with Gasteiger partial charge in [-0.25, -0.2) is 4.79 Å². The second-order valence-corrected chi connectivity index (χ2v) is 8.19. The third kappa shape index (κ3) is 5.02. The average molecular weight is 440 g/mol. The number of carbonyl (C=O) groups excluding carboxylic acids is 3. The number of fused-ring (bicyclic) bond motifs is 1. The summed E-state index contributed by atoms with van der Waals surface area (Å²) in [6.07, 6.45) is 2.19. The van der Waals surface area contributed by atoms with Crippen molar-refractivity contribution >= 4 is 23.5 Å². The van der Waals surface area contributed by atoms with E-state index in [1.54, 1.807) is 17.0 Å². The third-order valence-electron chi connectivity index (χ3n) is 6.11. The molecule has 0 atom stereocenters. The normalized spacial score (nSPS) is 16.5. The summed E-state index contributed by atoms with van der Waals surface area (Å²) in [5.74, 6) is 0.439.